The minimum Gasteiger partial charge on any atom is -0.455 e. The van der Waals surface area contributed by atoms with Crippen molar-refractivity contribution in [1.29, 1.82) is 0 Å². The van der Waals surface area contributed by atoms with Gasteiger partial charge in [0.2, 0.25) is 0 Å². The van der Waals surface area contributed by atoms with Crippen molar-refractivity contribution in [2.24, 2.45) is 0 Å². The Morgan fingerprint density at radius 1 is 0.302 bits per heavy atom. The molecule has 0 radical (unpaired) electrons. The SMILES string of the molecule is c1ccc(-c2ccc(-c3cc(-c4ccc(-c5cccc(-c6nc7cc8ccccc8cc7c7oc8ccccc8c67)c5)cc4)nc(-c4ccc(-c5ccccc5)cc4)n3)cc2)cc1. The first-order valence-corrected chi connectivity index (χ1v) is 21.2. The Morgan fingerprint density at radius 2 is 0.778 bits per heavy atom. The Morgan fingerprint density at radius 3 is 1.41 bits per heavy atom. The zero-order valence-electron chi connectivity index (χ0n) is 34.1. The Bertz CT molecular complexity index is 3530. The van der Waals surface area contributed by atoms with Crippen LogP contribution >= 0.6 is 0 Å². The van der Waals surface area contributed by atoms with Crippen molar-refractivity contribution in [3.8, 4) is 78.5 Å². The summed E-state index contributed by atoms with van der Waals surface area (Å²) in [4.78, 5) is 15.7. The fourth-order valence-corrected chi connectivity index (χ4v) is 8.82. The molecular weight excluding hydrogens is 767 g/mol. The summed E-state index contributed by atoms with van der Waals surface area (Å²) in [6, 6.07) is 78.6. The van der Waals surface area contributed by atoms with E-state index in [0.717, 1.165) is 105 Å². The van der Waals surface area contributed by atoms with Crippen molar-refractivity contribution < 1.29 is 4.42 Å². The Kier molecular flexibility index (Phi) is 8.79. The van der Waals surface area contributed by atoms with Crippen LogP contribution in [0, 0.1) is 0 Å². The molecule has 12 aromatic rings. The number of furan rings is 1. The van der Waals surface area contributed by atoms with Crippen LogP contribution in [0.3, 0.4) is 0 Å². The molecule has 12 rings (SSSR count). The van der Waals surface area contributed by atoms with E-state index in [4.69, 9.17) is 19.4 Å². The van der Waals surface area contributed by atoms with E-state index in [1.165, 1.54) is 11.1 Å². The highest BCUT2D eigenvalue weighted by Gasteiger charge is 2.19. The smallest absolute Gasteiger partial charge is 0.160 e. The van der Waals surface area contributed by atoms with Gasteiger partial charge in [0, 0.05) is 33.0 Å². The molecule has 0 amide bonds. The standard InChI is InChI=1S/C59H37N3O/c1-3-12-38(13-4-1)40-22-28-43(29-23-40)52-37-53(62-59(61-52)45-32-26-41(27-33-45)39-14-5-2-6-15-39)44-30-24-42(25-31-44)46-18-11-19-49(34-46)57-56-50-20-9-10-21-55(50)63-58(56)51-35-47-16-7-8-17-48(47)36-54(51)60-57/h1-37H. The molecule has 0 aliphatic carbocycles. The van der Waals surface area contributed by atoms with Gasteiger partial charge in [-0.3, -0.25) is 0 Å². The first kappa shape index (κ1) is 36.4. The van der Waals surface area contributed by atoms with Crippen LogP contribution in [0.5, 0.6) is 0 Å². The Hall–Kier alpha value is -8.47. The predicted molar refractivity (Wildman–Crippen MR) is 260 cm³/mol. The molecule has 9 aromatic carbocycles. The van der Waals surface area contributed by atoms with E-state index in [2.05, 4.69) is 200 Å². The van der Waals surface area contributed by atoms with E-state index < -0.39 is 0 Å². The fraction of sp³-hybridized carbons (Fsp3) is 0. The van der Waals surface area contributed by atoms with Gasteiger partial charge >= 0.3 is 0 Å². The molecule has 0 N–H and O–H groups in total. The van der Waals surface area contributed by atoms with Gasteiger partial charge in [0.05, 0.1) is 28.0 Å². The van der Waals surface area contributed by atoms with Gasteiger partial charge in [0.15, 0.2) is 5.82 Å². The second kappa shape index (κ2) is 15.2. The molecule has 0 fully saturated rings. The lowest BCUT2D eigenvalue weighted by Crippen LogP contribution is -1.96. The highest BCUT2D eigenvalue weighted by molar-refractivity contribution is 6.20. The fourth-order valence-electron chi connectivity index (χ4n) is 8.82. The van der Waals surface area contributed by atoms with Crippen LogP contribution < -0.4 is 0 Å². The molecule has 294 valence electrons. The lowest BCUT2D eigenvalue weighted by atomic mass is 9.96. The Balaban J connectivity index is 0.929. The Labute approximate surface area is 364 Å². The van der Waals surface area contributed by atoms with Gasteiger partial charge in [-0.25, -0.2) is 15.0 Å². The number of nitrogens with zero attached hydrogens (tertiary/aromatic N) is 3. The van der Waals surface area contributed by atoms with Gasteiger partial charge in [0.25, 0.3) is 0 Å². The summed E-state index contributed by atoms with van der Waals surface area (Å²) in [6.07, 6.45) is 0. The third-order valence-electron chi connectivity index (χ3n) is 12.1. The van der Waals surface area contributed by atoms with E-state index >= 15 is 0 Å². The minimum atomic E-state index is 0.681. The first-order valence-electron chi connectivity index (χ1n) is 21.2. The molecule has 4 nitrogen and oxygen atoms in total. The molecular formula is C59H37N3O. The maximum absolute atomic E-state index is 6.62. The largest absolute Gasteiger partial charge is 0.455 e. The van der Waals surface area contributed by atoms with Crippen molar-refractivity contribution in [2.45, 2.75) is 0 Å². The van der Waals surface area contributed by atoms with Gasteiger partial charge in [0.1, 0.15) is 11.2 Å². The average Bonchev–Trinajstić information content (AvgIpc) is 3.76. The minimum absolute atomic E-state index is 0.681. The lowest BCUT2D eigenvalue weighted by molar-refractivity contribution is 0.672. The monoisotopic (exact) mass is 803 g/mol. The third-order valence-corrected chi connectivity index (χ3v) is 12.1. The maximum atomic E-state index is 6.62. The second-order valence-corrected chi connectivity index (χ2v) is 16.0. The van der Waals surface area contributed by atoms with Crippen LogP contribution in [0.25, 0.3) is 122 Å². The summed E-state index contributed by atoms with van der Waals surface area (Å²) >= 11 is 0. The molecule has 0 spiro atoms. The van der Waals surface area contributed by atoms with E-state index in [1.54, 1.807) is 0 Å². The number of pyridine rings is 1. The quantitative estimate of drug-likeness (QED) is 0.151. The van der Waals surface area contributed by atoms with E-state index in [0.29, 0.717) is 5.82 Å². The van der Waals surface area contributed by atoms with E-state index in [-0.39, 0.29) is 0 Å². The van der Waals surface area contributed by atoms with Gasteiger partial charge < -0.3 is 4.42 Å². The molecule has 0 aliphatic heterocycles. The first-order chi connectivity index (χ1) is 31.2. The van der Waals surface area contributed by atoms with Crippen LogP contribution in [0.4, 0.5) is 0 Å². The topological polar surface area (TPSA) is 51.8 Å². The number of rotatable bonds is 7. The molecule has 63 heavy (non-hydrogen) atoms. The zero-order chi connectivity index (χ0) is 41.7. The second-order valence-electron chi connectivity index (χ2n) is 16.0. The number of hydrogen-bond acceptors (Lipinski definition) is 4. The number of benzene rings is 9. The van der Waals surface area contributed by atoms with Gasteiger partial charge in [-0.15, -0.1) is 0 Å². The normalized spacial score (nSPS) is 11.5. The van der Waals surface area contributed by atoms with Crippen molar-refractivity contribution >= 4 is 43.6 Å². The average molecular weight is 804 g/mol. The van der Waals surface area contributed by atoms with Crippen molar-refractivity contribution in [1.82, 2.24) is 15.0 Å². The van der Waals surface area contributed by atoms with Crippen molar-refractivity contribution in [3.63, 3.8) is 0 Å². The number of aromatic nitrogens is 3. The van der Waals surface area contributed by atoms with Crippen LogP contribution in [0.15, 0.2) is 229 Å². The van der Waals surface area contributed by atoms with Gasteiger partial charge in [-0.1, -0.05) is 194 Å². The molecule has 0 bridgehead atoms. The molecule has 0 aliphatic rings. The summed E-state index contributed by atoms with van der Waals surface area (Å²) in [5, 5.41) is 5.41. The summed E-state index contributed by atoms with van der Waals surface area (Å²) < 4.78 is 6.62. The molecule has 0 saturated carbocycles. The molecule has 4 heteroatoms. The highest BCUT2D eigenvalue weighted by atomic mass is 16.3. The summed E-state index contributed by atoms with van der Waals surface area (Å²) in [7, 11) is 0. The number of fused-ring (bicyclic) bond motifs is 6. The van der Waals surface area contributed by atoms with E-state index in [9.17, 15) is 0 Å². The van der Waals surface area contributed by atoms with Crippen molar-refractivity contribution in [3.05, 3.63) is 224 Å². The molecule has 0 atom stereocenters. The summed E-state index contributed by atoms with van der Waals surface area (Å²) in [5.74, 6) is 0.681. The van der Waals surface area contributed by atoms with Crippen LogP contribution in [-0.4, -0.2) is 15.0 Å². The highest BCUT2D eigenvalue weighted by Crippen LogP contribution is 2.41. The van der Waals surface area contributed by atoms with Crippen molar-refractivity contribution in [2.75, 3.05) is 0 Å². The number of para-hydroxylation sites is 1. The molecule has 3 aromatic heterocycles. The van der Waals surface area contributed by atoms with Crippen LogP contribution in [0.1, 0.15) is 0 Å². The van der Waals surface area contributed by atoms with Gasteiger partial charge in [-0.2, -0.15) is 0 Å². The van der Waals surface area contributed by atoms with Crippen LogP contribution in [-0.2, 0) is 0 Å². The van der Waals surface area contributed by atoms with E-state index in [1.807, 2.05) is 24.3 Å². The summed E-state index contributed by atoms with van der Waals surface area (Å²) in [5.41, 5.74) is 16.2. The summed E-state index contributed by atoms with van der Waals surface area (Å²) in [6.45, 7) is 0. The molecule has 0 unspecified atom stereocenters. The number of hydrogen-bond donors (Lipinski definition) is 0. The molecule has 3 heterocycles. The zero-order valence-corrected chi connectivity index (χ0v) is 34.1. The molecule has 0 saturated heterocycles. The van der Waals surface area contributed by atoms with Crippen LogP contribution in [0.2, 0.25) is 0 Å². The van der Waals surface area contributed by atoms with Gasteiger partial charge in [-0.05, 0) is 74.5 Å². The third kappa shape index (κ3) is 6.71. The predicted octanol–water partition coefficient (Wildman–Crippen LogP) is 15.7. The lowest BCUT2D eigenvalue weighted by Gasteiger charge is -2.12. The maximum Gasteiger partial charge on any atom is 0.160 e.